The van der Waals surface area contributed by atoms with Gasteiger partial charge in [-0.2, -0.15) is 5.10 Å². The number of nitrogens with one attached hydrogen (secondary N) is 1. The predicted octanol–water partition coefficient (Wildman–Crippen LogP) is 1.55. The highest BCUT2D eigenvalue weighted by atomic mass is 16.5. The quantitative estimate of drug-likeness (QED) is 0.653. The van der Waals surface area contributed by atoms with E-state index in [0.717, 1.165) is 56.4 Å². The number of hydrogen-bond donors (Lipinski definition) is 1. The van der Waals surface area contributed by atoms with E-state index in [4.69, 9.17) is 4.74 Å². The Bertz CT molecular complexity index is 950. The molecule has 0 spiro atoms. The molecule has 28 heavy (non-hydrogen) atoms. The number of ether oxygens (including phenoxy) is 1. The Labute approximate surface area is 163 Å². The zero-order valence-electron chi connectivity index (χ0n) is 16.0. The van der Waals surface area contributed by atoms with Crippen molar-refractivity contribution >= 4 is 11.6 Å². The smallest absolute Gasteiger partial charge is 0.270 e. The molecule has 1 N–H and O–H groups in total. The molecular weight excluding hydrogens is 356 g/mol. The molecule has 1 saturated heterocycles. The van der Waals surface area contributed by atoms with Crippen molar-refractivity contribution < 1.29 is 9.53 Å². The van der Waals surface area contributed by atoms with Crippen LogP contribution in [0.25, 0.3) is 17.0 Å². The van der Waals surface area contributed by atoms with Gasteiger partial charge in [0.25, 0.3) is 5.91 Å². The summed E-state index contributed by atoms with van der Waals surface area (Å²) in [5, 5.41) is 7.52. The van der Waals surface area contributed by atoms with Crippen molar-refractivity contribution in [3.8, 4) is 11.4 Å². The van der Waals surface area contributed by atoms with Crippen molar-refractivity contribution in [2.75, 3.05) is 39.4 Å². The van der Waals surface area contributed by atoms with Gasteiger partial charge in [-0.3, -0.25) is 14.7 Å². The predicted molar refractivity (Wildman–Crippen MR) is 105 cm³/mol. The van der Waals surface area contributed by atoms with Crippen LogP contribution in [-0.4, -0.2) is 69.8 Å². The van der Waals surface area contributed by atoms with Crippen molar-refractivity contribution in [1.82, 2.24) is 29.8 Å². The first-order valence-electron chi connectivity index (χ1n) is 9.58. The van der Waals surface area contributed by atoms with Gasteiger partial charge in [-0.15, -0.1) is 0 Å². The fourth-order valence-electron chi connectivity index (χ4n) is 3.30. The zero-order chi connectivity index (χ0) is 19.3. The van der Waals surface area contributed by atoms with Crippen LogP contribution in [0, 0.1) is 6.92 Å². The summed E-state index contributed by atoms with van der Waals surface area (Å²) >= 11 is 0. The van der Waals surface area contributed by atoms with Gasteiger partial charge in [0.05, 0.1) is 18.9 Å². The lowest BCUT2D eigenvalue weighted by atomic mass is 10.2. The number of amides is 1. The molecule has 4 heterocycles. The molecule has 1 aliphatic heterocycles. The average Bonchev–Trinajstić information content (AvgIpc) is 3.17. The minimum atomic E-state index is -0.159. The van der Waals surface area contributed by atoms with Gasteiger partial charge in [-0.25, -0.2) is 9.50 Å². The van der Waals surface area contributed by atoms with Gasteiger partial charge in [0.1, 0.15) is 11.4 Å². The zero-order valence-corrected chi connectivity index (χ0v) is 16.0. The molecule has 0 aromatic carbocycles. The molecule has 1 aliphatic rings. The lowest BCUT2D eigenvalue weighted by Gasteiger charge is -2.26. The summed E-state index contributed by atoms with van der Waals surface area (Å²) in [7, 11) is 0. The van der Waals surface area contributed by atoms with Crippen LogP contribution in [-0.2, 0) is 4.74 Å². The molecule has 146 valence electrons. The van der Waals surface area contributed by atoms with E-state index in [1.165, 1.54) is 0 Å². The van der Waals surface area contributed by atoms with Gasteiger partial charge in [0, 0.05) is 37.6 Å². The third kappa shape index (κ3) is 4.18. The third-order valence-electron chi connectivity index (χ3n) is 4.81. The summed E-state index contributed by atoms with van der Waals surface area (Å²) in [6.07, 6.45) is 2.64. The standard InChI is InChI=1S/C20H24N6O2/c1-15-13-18(20(27)22-7-4-8-25-9-11-28-12-10-25)23-19-14-17(24-26(15)19)16-5-2-3-6-21-16/h2-3,5-6,13-14H,4,7-12H2,1H3,(H,22,27). The summed E-state index contributed by atoms with van der Waals surface area (Å²) in [5.41, 5.74) is 3.41. The molecule has 0 saturated carbocycles. The van der Waals surface area contributed by atoms with Crippen molar-refractivity contribution in [1.29, 1.82) is 0 Å². The van der Waals surface area contributed by atoms with Crippen LogP contribution in [0.5, 0.6) is 0 Å². The first-order chi connectivity index (χ1) is 13.7. The molecule has 0 atom stereocenters. The van der Waals surface area contributed by atoms with Crippen LogP contribution in [0.1, 0.15) is 22.6 Å². The molecule has 0 unspecified atom stereocenters. The molecule has 0 aliphatic carbocycles. The van der Waals surface area contributed by atoms with Gasteiger partial charge in [0.2, 0.25) is 0 Å². The Balaban J connectivity index is 1.41. The molecule has 8 nitrogen and oxygen atoms in total. The Morgan fingerprint density at radius 2 is 2.07 bits per heavy atom. The van der Waals surface area contributed by atoms with Gasteiger partial charge >= 0.3 is 0 Å². The summed E-state index contributed by atoms with van der Waals surface area (Å²) in [4.78, 5) is 23.7. The second-order valence-electron chi connectivity index (χ2n) is 6.86. The van der Waals surface area contributed by atoms with Crippen molar-refractivity contribution in [2.45, 2.75) is 13.3 Å². The van der Waals surface area contributed by atoms with Crippen molar-refractivity contribution in [2.24, 2.45) is 0 Å². The Morgan fingerprint density at radius 1 is 1.21 bits per heavy atom. The second kappa shape index (κ2) is 8.45. The normalized spacial score (nSPS) is 15.0. The first-order valence-corrected chi connectivity index (χ1v) is 9.58. The number of carbonyl (C=O) groups is 1. The number of nitrogens with zero attached hydrogens (tertiary/aromatic N) is 5. The van der Waals surface area contributed by atoms with E-state index in [9.17, 15) is 4.79 Å². The SMILES string of the molecule is Cc1cc(C(=O)NCCCN2CCOCC2)nc2cc(-c3ccccn3)nn12. The van der Waals surface area contributed by atoms with Gasteiger partial charge in [-0.1, -0.05) is 6.07 Å². The lowest BCUT2D eigenvalue weighted by Crippen LogP contribution is -2.38. The molecule has 0 bridgehead atoms. The van der Waals surface area contributed by atoms with E-state index in [-0.39, 0.29) is 5.91 Å². The highest BCUT2D eigenvalue weighted by molar-refractivity contribution is 5.92. The monoisotopic (exact) mass is 380 g/mol. The highest BCUT2D eigenvalue weighted by Gasteiger charge is 2.14. The maximum absolute atomic E-state index is 12.5. The number of aryl methyl sites for hydroxylation is 1. The molecule has 8 heteroatoms. The van der Waals surface area contributed by atoms with E-state index in [1.54, 1.807) is 16.8 Å². The van der Waals surface area contributed by atoms with Crippen LogP contribution >= 0.6 is 0 Å². The number of hydrogen-bond acceptors (Lipinski definition) is 6. The largest absolute Gasteiger partial charge is 0.379 e. The molecule has 4 rings (SSSR count). The van der Waals surface area contributed by atoms with E-state index < -0.39 is 0 Å². The number of aromatic nitrogens is 4. The number of fused-ring (bicyclic) bond motifs is 1. The molecule has 1 fully saturated rings. The van der Waals surface area contributed by atoms with Gasteiger partial charge in [-0.05, 0) is 38.1 Å². The van der Waals surface area contributed by atoms with E-state index in [1.807, 2.05) is 31.2 Å². The molecule has 1 amide bonds. The van der Waals surface area contributed by atoms with Gasteiger partial charge < -0.3 is 10.1 Å². The molecule has 3 aromatic rings. The molecule has 0 radical (unpaired) electrons. The Hall–Kier alpha value is -2.84. The first kappa shape index (κ1) is 18.5. The van der Waals surface area contributed by atoms with Crippen LogP contribution in [0.2, 0.25) is 0 Å². The average molecular weight is 380 g/mol. The van der Waals surface area contributed by atoms with E-state index >= 15 is 0 Å². The fraction of sp³-hybridized carbons (Fsp3) is 0.400. The second-order valence-corrected chi connectivity index (χ2v) is 6.86. The van der Waals surface area contributed by atoms with Crippen LogP contribution in [0.4, 0.5) is 0 Å². The molecule has 3 aromatic heterocycles. The van der Waals surface area contributed by atoms with Crippen LogP contribution in [0.3, 0.4) is 0 Å². The topological polar surface area (TPSA) is 84.7 Å². The Kier molecular flexibility index (Phi) is 5.59. The number of morpholine rings is 1. The minimum Gasteiger partial charge on any atom is -0.379 e. The van der Waals surface area contributed by atoms with Crippen molar-refractivity contribution in [3.63, 3.8) is 0 Å². The summed E-state index contributed by atoms with van der Waals surface area (Å²) in [6, 6.07) is 9.30. The van der Waals surface area contributed by atoms with E-state index in [0.29, 0.717) is 17.9 Å². The van der Waals surface area contributed by atoms with Gasteiger partial charge in [0.15, 0.2) is 5.65 Å². The maximum atomic E-state index is 12.5. The number of rotatable bonds is 6. The molecular formula is C20H24N6O2. The number of pyridine rings is 1. The summed E-state index contributed by atoms with van der Waals surface area (Å²) in [6.45, 7) is 7.02. The third-order valence-corrected chi connectivity index (χ3v) is 4.81. The Morgan fingerprint density at radius 3 is 2.86 bits per heavy atom. The van der Waals surface area contributed by atoms with Crippen LogP contribution in [0.15, 0.2) is 36.5 Å². The maximum Gasteiger partial charge on any atom is 0.270 e. The summed E-state index contributed by atoms with van der Waals surface area (Å²) < 4.78 is 7.08. The summed E-state index contributed by atoms with van der Waals surface area (Å²) in [5.74, 6) is -0.159. The number of carbonyl (C=O) groups excluding carboxylic acids is 1. The fourth-order valence-corrected chi connectivity index (χ4v) is 3.30. The highest BCUT2D eigenvalue weighted by Crippen LogP contribution is 2.17. The van der Waals surface area contributed by atoms with Crippen LogP contribution < -0.4 is 5.32 Å². The van der Waals surface area contributed by atoms with E-state index in [2.05, 4.69) is 25.3 Å². The van der Waals surface area contributed by atoms with Crippen molar-refractivity contribution in [3.05, 3.63) is 47.9 Å². The lowest BCUT2D eigenvalue weighted by molar-refractivity contribution is 0.0374. The minimum absolute atomic E-state index is 0.159.